The average molecular weight is 227 g/mol. The molecule has 1 amide bonds. The van der Waals surface area contributed by atoms with Gasteiger partial charge in [0.25, 0.3) is 0 Å². The molecule has 84 valence electrons. The minimum atomic E-state index is -0.450. The lowest BCUT2D eigenvalue weighted by molar-refractivity contribution is -0.117. The zero-order valence-corrected chi connectivity index (χ0v) is 10.1. The van der Waals surface area contributed by atoms with Gasteiger partial charge in [0, 0.05) is 5.38 Å². The number of rotatable bonds is 4. The molecule has 1 aromatic rings. The van der Waals surface area contributed by atoms with E-state index in [4.69, 9.17) is 5.73 Å². The molecule has 15 heavy (non-hydrogen) atoms. The molecular formula is C10H17N3OS. The summed E-state index contributed by atoms with van der Waals surface area (Å²) in [7, 11) is 0. The summed E-state index contributed by atoms with van der Waals surface area (Å²) in [6.07, 6.45) is 0.691. The van der Waals surface area contributed by atoms with Gasteiger partial charge in [-0.3, -0.25) is 4.79 Å². The van der Waals surface area contributed by atoms with E-state index in [1.165, 1.54) is 11.3 Å². The third-order valence-electron chi connectivity index (χ3n) is 1.91. The lowest BCUT2D eigenvalue weighted by Crippen LogP contribution is -2.36. The minimum absolute atomic E-state index is 0.155. The molecule has 0 unspecified atom stereocenters. The molecule has 5 heteroatoms. The van der Waals surface area contributed by atoms with Crippen LogP contribution in [0.3, 0.4) is 0 Å². The van der Waals surface area contributed by atoms with Crippen molar-refractivity contribution in [3.63, 3.8) is 0 Å². The summed E-state index contributed by atoms with van der Waals surface area (Å²) < 4.78 is 0. The Hall–Kier alpha value is -0.940. The molecule has 0 aliphatic carbocycles. The fourth-order valence-corrected chi connectivity index (χ4v) is 1.92. The van der Waals surface area contributed by atoms with Gasteiger partial charge in [-0.25, -0.2) is 4.98 Å². The highest BCUT2D eigenvalue weighted by molar-refractivity contribution is 7.13. The molecule has 1 atom stereocenters. The number of thiazole rings is 1. The Morgan fingerprint density at radius 2 is 2.33 bits per heavy atom. The van der Waals surface area contributed by atoms with Gasteiger partial charge in [0.2, 0.25) is 5.91 Å². The molecule has 4 nitrogen and oxygen atoms in total. The van der Waals surface area contributed by atoms with Gasteiger partial charge in [-0.15, -0.1) is 11.3 Å². The van der Waals surface area contributed by atoms with Gasteiger partial charge in [-0.05, 0) is 19.3 Å². The Bertz CT molecular complexity index is 335. The molecule has 0 saturated heterocycles. The molecule has 3 N–H and O–H groups in total. The summed E-state index contributed by atoms with van der Waals surface area (Å²) in [4.78, 5) is 15.7. The Labute approximate surface area is 93.9 Å². The molecule has 1 rings (SSSR count). The van der Waals surface area contributed by atoms with Crippen molar-refractivity contribution in [2.75, 3.05) is 5.32 Å². The predicted molar refractivity (Wildman–Crippen MR) is 62.9 cm³/mol. The van der Waals surface area contributed by atoms with Crippen LogP contribution in [-0.2, 0) is 4.79 Å². The van der Waals surface area contributed by atoms with E-state index in [1.54, 1.807) is 0 Å². The molecule has 1 heterocycles. The second kappa shape index (κ2) is 5.23. The van der Waals surface area contributed by atoms with Crippen LogP contribution in [0.5, 0.6) is 0 Å². The molecule has 0 aromatic carbocycles. The van der Waals surface area contributed by atoms with Crippen molar-refractivity contribution >= 4 is 22.4 Å². The van der Waals surface area contributed by atoms with Crippen LogP contribution in [0.2, 0.25) is 0 Å². The van der Waals surface area contributed by atoms with Crippen molar-refractivity contribution in [3.8, 4) is 0 Å². The Kier molecular flexibility index (Phi) is 4.23. The second-order valence-electron chi connectivity index (χ2n) is 4.02. The van der Waals surface area contributed by atoms with Crippen LogP contribution in [-0.4, -0.2) is 16.9 Å². The fourth-order valence-electron chi connectivity index (χ4n) is 1.22. The second-order valence-corrected chi connectivity index (χ2v) is 4.88. The van der Waals surface area contributed by atoms with Crippen LogP contribution in [0.25, 0.3) is 0 Å². The summed E-state index contributed by atoms with van der Waals surface area (Å²) in [6.45, 7) is 5.97. The number of nitrogens with one attached hydrogen (secondary N) is 1. The summed E-state index contributed by atoms with van der Waals surface area (Å²) in [5, 5.41) is 5.23. The molecule has 0 fully saturated rings. The van der Waals surface area contributed by atoms with Crippen molar-refractivity contribution in [3.05, 3.63) is 11.1 Å². The first-order chi connectivity index (χ1) is 6.99. The van der Waals surface area contributed by atoms with Gasteiger partial charge in [-0.2, -0.15) is 0 Å². The highest BCUT2D eigenvalue weighted by Gasteiger charge is 2.15. The van der Waals surface area contributed by atoms with E-state index in [9.17, 15) is 4.79 Å². The SMILES string of the molecule is Cc1csc(NC(=O)[C@@H](N)CC(C)C)n1. The number of carbonyl (C=O) groups is 1. The highest BCUT2D eigenvalue weighted by atomic mass is 32.1. The number of aromatic nitrogens is 1. The van der Waals surface area contributed by atoms with E-state index >= 15 is 0 Å². The summed E-state index contributed by atoms with van der Waals surface area (Å²) >= 11 is 1.42. The lowest BCUT2D eigenvalue weighted by Gasteiger charge is -2.12. The van der Waals surface area contributed by atoms with E-state index < -0.39 is 6.04 Å². The lowest BCUT2D eigenvalue weighted by atomic mass is 10.0. The smallest absolute Gasteiger partial charge is 0.243 e. The predicted octanol–water partition coefficient (Wildman–Crippen LogP) is 1.76. The maximum Gasteiger partial charge on any atom is 0.243 e. The van der Waals surface area contributed by atoms with Crippen molar-refractivity contribution in [1.82, 2.24) is 4.98 Å². The molecular weight excluding hydrogens is 210 g/mol. The first kappa shape index (κ1) is 12.1. The van der Waals surface area contributed by atoms with Crippen LogP contribution < -0.4 is 11.1 Å². The number of nitrogens with zero attached hydrogens (tertiary/aromatic N) is 1. The van der Waals surface area contributed by atoms with Crippen LogP contribution in [0.15, 0.2) is 5.38 Å². The van der Waals surface area contributed by atoms with Crippen molar-refractivity contribution in [1.29, 1.82) is 0 Å². The molecule has 0 spiro atoms. The molecule has 0 radical (unpaired) electrons. The number of anilines is 1. The monoisotopic (exact) mass is 227 g/mol. The van der Waals surface area contributed by atoms with Gasteiger partial charge in [0.05, 0.1) is 11.7 Å². The van der Waals surface area contributed by atoms with E-state index in [1.807, 2.05) is 26.2 Å². The number of nitrogens with two attached hydrogens (primary N) is 1. The Balaban J connectivity index is 2.48. The number of amides is 1. The maximum atomic E-state index is 11.6. The third kappa shape index (κ3) is 3.97. The maximum absolute atomic E-state index is 11.6. The largest absolute Gasteiger partial charge is 0.320 e. The van der Waals surface area contributed by atoms with Gasteiger partial charge < -0.3 is 11.1 Å². The summed E-state index contributed by atoms with van der Waals surface area (Å²) in [5.41, 5.74) is 6.65. The van der Waals surface area contributed by atoms with Crippen LogP contribution >= 0.6 is 11.3 Å². The van der Waals surface area contributed by atoms with Gasteiger partial charge >= 0.3 is 0 Å². The van der Waals surface area contributed by atoms with Crippen LogP contribution in [0.4, 0.5) is 5.13 Å². The molecule has 1 aromatic heterocycles. The van der Waals surface area contributed by atoms with Gasteiger partial charge in [-0.1, -0.05) is 13.8 Å². The van der Waals surface area contributed by atoms with Crippen molar-refractivity contribution < 1.29 is 4.79 Å². The van der Waals surface area contributed by atoms with Crippen LogP contribution in [0.1, 0.15) is 26.0 Å². The van der Waals surface area contributed by atoms with Gasteiger partial charge in [0.1, 0.15) is 0 Å². The first-order valence-corrected chi connectivity index (χ1v) is 5.85. The Morgan fingerprint density at radius 1 is 1.67 bits per heavy atom. The van der Waals surface area contributed by atoms with Crippen LogP contribution in [0, 0.1) is 12.8 Å². The van der Waals surface area contributed by atoms with E-state index in [2.05, 4.69) is 10.3 Å². The number of hydrogen-bond acceptors (Lipinski definition) is 4. The topological polar surface area (TPSA) is 68.0 Å². The van der Waals surface area contributed by atoms with Crippen molar-refractivity contribution in [2.45, 2.75) is 33.2 Å². The Morgan fingerprint density at radius 3 is 2.80 bits per heavy atom. The highest BCUT2D eigenvalue weighted by Crippen LogP contribution is 2.15. The van der Waals surface area contributed by atoms with Crippen molar-refractivity contribution in [2.24, 2.45) is 11.7 Å². The molecule has 0 aliphatic heterocycles. The quantitative estimate of drug-likeness (QED) is 0.823. The number of hydrogen-bond donors (Lipinski definition) is 2. The molecule has 0 aliphatic rings. The number of carbonyl (C=O) groups excluding carboxylic acids is 1. The molecule has 0 bridgehead atoms. The minimum Gasteiger partial charge on any atom is -0.320 e. The zero-order valence-electron chi connectivity index (χ0n) is 9.28. The summed E-state index contributed by atoms with van der Waals surface area (Å²) in [6, 6.07) is -0.450. The fraction of sp³-hybridized carbons (Fsp3) is 0.600. The molecule has 0 saturated carbocycles. The third-order valence-corrected chi connectivity index (χ3v) is 2.79. The average Bonchev–Trinajstić information content (AvgIpc) is 2.50. The van der Waals surface area contributed by atoms with Gasteiger partial charge in [0.15, 0.2) is 5.13 Å². The summed E-state index contributed by atoms with van der Waals surface area (Å²) in [5.74, 6) is 0.266. The zero-order chi connectivity index (χ0) is 11.4. The van der Waals surface area contributed by atoms with E-state index in [0.717, 1.165) is 5.69 Å². The number of aryl methyl sites for hydroxylation is 1. The first-order valence-electron chi connectivity index (χ1n) is 4.97. The normalized spacial score (nSPS) is 12.9. The standard InChI is InChI=1S/C10H17N3OS/c1-6(2)4-8(11)9(14)13-10-12-7(3)5-15-10/h5-6,8H,4,11H2,1-3H3,(H,12,13,14)/t8-/m0/s1. The van der Waals surface area contributed by atoms with E-state index in [-0.39, 0.29) is 5.91 Å². The van der Waals surface area contributed by atoms with E-state index in [0.29, 0.717) is 17.5 Å².